The van der Waals surface area contributed by atoms with Crippen molar-refractivity contribution in [3.8, 4) is 0 Å². The lowest BCUT2D eigenvalue weighted by Gasteiger charge is -2.01. The summed E-state index contributed by atoms with van der Waals surface area (Å²) >= 11 is 0. The van der Waals surface area contributed by atoms with Crippen molar-refractivity contribution in [3.63, 3.8) is 0 Å². The highest BCUT2D eigenvalue weighted by molar-refractivity contribution is 5.89. The predicted octanol–water partition coefficient (Wildman–Crippen LogP) is 3.00. The van der Waals surface area contributed by atoms with E-state index in [1.807, 2.05) is 13.8 Å². The third-order valence-electron chi connectivity index (χ3n) is 1.52. The molecule has 2 nitrogen and oxygen atoms in total. The van der Waals surface area contributed by atoms with E-state index in [1.165, 1.54) is 13.0 Å². The van der Waals surface area contributed by atoms with Crippen LogP contribution in [-0.2, 0) is 0 Å². The highest BCUT2D eigenvalue weighted by Gasteiger charge is 2.16. The quantitative estimate of drug-likeness (QED) is 0.760. The van der Waals surface area contributed by atoms with Gasteiger partial charge < -0.3 is 5.11 Å². The van der Waals surface area contributed by atoms with E-state index in [4.69, 9.17) is 5.11 Å². The topological polar surface area (TPSA) is 37.3 Å². The number of aryl methyl sites for hydroxylation is 1. The maximum absolute atomic E-state index is 12.8. The number of rotatable bonds is 1. The molecular formula is C10H12F2O2. The van der Waals surface area contributed by atoms with Gasteiger partial charge in [-0.3, -0.25) is 0 Å². The van der Waals surface area contributed by atoms with E-state index in [0.29, 0.717) is 0 Å². The van der Waals surface area contributed by atoms with Crippen LogP contribution in [0, 0.1) is 18.6 Å². The van der Waals surface area contributed by atoms with E-state index in [0.717, 1.165) is 6.07 Å². The maximum Gasteiger partial charge on any atom is 0.339 e. The average Bonchev–Trinajstić information content (AvgIpc) is 2.15. The van der Waals surface area contributed by atoms with Gasteiger partial charge >= 0.3 is 5.97 Å². The number of carboxylic acids is 1. The van der Waals surface area contributed by atoms with Gasteiger partial charge in [0.15, 0.2) is 11.6 Å². The van der Waals surface area contributed by atoms with Crippen LogP contribution in [0.1, 0.15) is 29.8 Å². The number of halogens is 2. The van der Waals surface area contributed by atoms with Crippen LogP contribution in [0.4, 0.5) is 8.78 Å². The first-order chi connectivity index (χ1) is 6.54. The van der Waals surface area contributed by atoms with Gasteiger partial charge in [0, 0.05) is 0 Å². The highest BCUT2D eigenvalue weighted by Crippen LogP contribution is 2.15. The summed E-state index contributed by atoms with van der Waals surface area (Å²) in [5, 5.41) is 8.46. The van der Waals surface area contributed by atoms with Crippen molar-refractivity contribution in [2.24, 2.45) is 0 Å². The van der Waals surface area contributed by atoms with Crippen molar-refractivity contribution in [1.82, 2.24) is 0 Å². The molecule has 1 aromatic rings. The average molecular weight is 202 g/mol. The summed E-state index contributed by atoms with van der Waals surface area (Å²) in [6, 6.07) is 2.12. The van der Waals surface area contributed by atoms with Gasteiger partial charge in [-0.25, -0.2) is 13.6 Å². The molecule has 0 aromatic heterocycles. The number of hydrogen-bond donors (Lipinski definition) is 1. The van der Waals surface area contributed by atoms with E-state index in [1.54, 1.807) is 0 Å². The summed E-state index contributed by atoms with van der Waals surface area (Å²) in [7, 11) is 0. The van der Waals surface area contributed by atoms with Crippen LogP contribution in [0.25, 0.3) is 0 Å². The molecule has 78 valence electrons. The Hall–Kier alpha value is -1.45. The van der Waals surface area contributed by atoms with Crippen molar-refractivity contribution in [3.05, 3.63) is 34.9 Å². The van der Waals surface area contributed by atoms with Crippen molar-refractivity contribution in [2.45, 2.75) is 20.8 Å². The summed E-state index contributed by atoms with van der Waals surface area (Å²) in [6.07, 6.45) is 0. The molecule has 1 aromatic carbocycles. The van der Waals surface area contributed by atoms with Crippen molar-refractivity contribution >= 4 is 5.97 Å². The standard InChI is InChI=1S/C8H6F2O2.C2H6/c1-4-2-3-5(9)7(10)6(4)8(11)12;1-2/h2-3H,1H3,(H,11,12);1-2H3. The van der Waals surface area contributed by atoms with Crippen molar-refractivity contribution < 1.29 is 18.7 Å². The Morgan fingerprint density at radius 3 is 2.14 bits per heavy atom. The zero-order chi connectivity index (χ0) is 11.3. The molecule has 0 saturated carbocycles. The molecule has 0 aliphatic rings. The Balaban J connectivity index is 0.000000791. The van der Waals surface area contributed by atoms with Gasteiger partial charge in [-0.2, -0.15) is 0 Å². The van der Waals surface area contributed by atoms with E-state index in [2.05, 4.69) is 0 Å². The van der Waals surface area contributed by atoms with Crippen LogP contribution >= 0.6 is 0 Å². The Morgan fingerprint density at radius 1 is 1.29 bits per heavy atom. The third-order valence-corrected chi connectivity index (χ3v) is 1.52. The fourth-order valence-electron chi connectivity index (χ4n) is 0.910. The van der Waals surface area contributed by atoms with E-state index in [9.17, 15) is 13.6 Å². The van der Waals surface area contributed by atoms with Gasteiger partial charge in [0.25, 0.3) is 0 Å². The molecule has 0 saturated heterocycles. The lowest BCUT2D eigenvalue weighted by molar-refractivity contribution is 0.0690. The number of carboxylic acid groups (broad SMARTS) is 1. The van der Waals surface area contributed by atoms with Gasteiger partial charge in [0.2, 0.25) is 0 Å². The molecule has 1 rings (SSSR count). The second-order valence-corrected chi connectivity index (χ2v) is 2.36. The number of carbonyl (C=O) groups is 1. The Morgan fingerprint density at radius 2 is 1.79 bits per heavy atom. The Bertz CT molecular complexity index is 335. The first kappa shape index (κ1) is 12.6. The number of benzene rings is 1. The molecular weight excluding hydrogens is 190 g/mol. The SMILES string of the molecule is CC.Cc1ccc(F)c(F)c1C(=O)O. The van der Waals surface area contributed by atoms with Crippen LogP contribution in [0.3, 0.4) is 0 Å². The minimum Gasteiger partial charge on any atom is -0.478 e. The van der Waals surface area contributed by atoms with Gasteiger partial charge in [-0.1, -0.05) is 19.9 Å². The molecule has 0 heterocycles. The van der Waals surface area contributed by atoms with Crippen LogP contribution in [-0.4, -0.2) is 11.1 Å². The number of aromatic carboxylic acids is 1. The van der Waals surface area contributed by atoms with Gasteiger partial charge in [0.1, 0.15) is 5.56 Å². The van der Waals surface area contributed by atoms with E-state index >= 15 is 0 Å². The summed E-state index contributed by atoms with van der Waals surface area (Å²) in [6.45, 7) is 5.41. The lowest BCUT2D eigenvalue weighted by Crippen LogP contribution is -2.05. The van der Waals surface area contributed by atoms with Gasteiger partial charge in [-0.15, -0.1) is 0 Å². The zero-order valence-corrected chi connectivity index (χ0v) is 8.27. The van der Waals surface area contributed by atoms with Crippen LogP contribution < -0.4 is 0 Å². The summed E-state index contributed by atoms with van der Waals surface area (Å²) in [5.74, 6) is -3.90. The molecule has 4 heteroatoms. The first-order valence-electron chi connectivity index (χ1n) is 4.22. The summed E-state index contributed by atoms with van der Waals surface area (Å²) in [5.41, 5.74) is -0.392. The fraction of sp³-hybridized carbons (Fsp3) is 0.300. The van der Waals surface area contributed by atoms with E-state index in [-0.39, 0.29) is 5.56 Å². The molecule has 0 fully saturated rings. The van der Waals surface area contributed by atoms with Crippen molar-refractivity contribution in [2.75, 3.05) is 0 Å². The minimum absolute atomic E-state index is 0.210. The molecule has 0 aliphatic carbocycles. The smallest absolute Gasteiger partial charge is 0.339 e. The largest absolute Gasteiger partial charge is 0.478 e. The van der Waals surface area contributed by atoms with Crippen LogP contribution in [0.5, 0.6) is 0 Å². The summed E-state index contributed by atoms with van der Waals surface area (Å²) in [4.78, 5) is 10.4. The molecule has 14 heavy (non-hydrogen) atoms. The molecule has 0 aliphatic heterocycles. The molecule has 0 bridgehead atoms. The molecule has 1 N–H and O–H groups in total. The molecule has 0 amide bonds. The molecule has 0 radical (unpaired) electrons. The second-order valence-electron chi connectivity index (χ2n) is 2.36. The van der Waals surface area contributed by atoms with Gasteiger partial charge in [0.05, 0.1) is 0 Å². The lowest BCUT2D eigenvalue weighted by atomic mass is 10.1. The van der Waals surface area contributed by atoms with Gasteiger partial charge in [-0.05, 0) is 18.6 Å². The fourth-order valence-corrected chi connectivity index (χ4v) is 0.910. The van der Waals surface area contributed by atoms with Crippen LogP contribution in [0.2, 0.25) is 0 Å². The van der Waals surface area contributed by atoms with Crippen molar-refractivity contribution in [1.29, 1.82) is 0 Å². The monoisotopic (exact) mass is 202 g/mol. The minimum atomic E-state index is -1.45. The Labute approximate surface area is 81.2 Å². The summed E-state index contributed by atoms with van der Waals surface area (Å²) < 4.78 is 25.2. The zero-order valence-electron chi connectivity index (χ0n) is 8.27. The first-order valence-corrected chi connectivity index (χ1v) is 4.22. The van der Waals surface area contributed by atoms with E-state index < -0.39 is 23.2 Å². The Kier molecular flexibility index (Phi) is 4.77. The number of hydrogen-bond acceptors (Lipinski definition) is 1. The molecule has 0 unspecified atom stereocenters. The third kappa shape index (κ3) is 2.52. The molecule has 0 atom stereocenters. The molecule has 0 spiro atoms. The maximum atomic E-state index is 12.8. The van der Waals surface area contributed by atoms with Crippen LogP contribution in [0.15, 0.2) is 12.1 Å². The predicted molar refractivity (Wildman–Crippen MR) is 49.4 cm³/mol. The second kappa shape index (κ2) is 5.32. The highest BCUT2D eigenvalue weighted by atomic mass is 19.2. The normalized spacial score (nSPS) is 8.93.